The van der Waals surface area contributed by atoms with Gasteiger partial charge in [0.15, 0.2) is 0 Å². The lowest BCUT2D eigenvalue weighted by molar-refractivity contribution is -0.147. The third kappa shape index (κ3) is 2.23. The van der Waals surface area contributed by atoms with Gasteiger partial charge in [-0.05, 0) is 32.2 Å². The van der Waals surface area contributed by atoms with Crippen molar-refractivity contribution in [3.05, 3.63) is 0 Å². The minimum atomic E-state index is -0.569. The maximum Gasteiger partial charge on any atom is 0.328 e. The molecule has 18 heavy (non-hydrogen) atoms. The van der Waals surface area contributed by atoms with Gasteiger partial charge in [-0.2, -0.15) is 0 Å². The Bertz CT molecular complexity index is 345. The van der Waals surface area contributed by atoms with Crippen LogP contribution in [-0.4, -0.2) is 38.1 Å². The van der Waals surface area contributed by atoms with Gasteiger partial charge in [-0.15, -0.1) is 0 Å². The first kappa shape index (κ1) is 13.3. The number of methoxy groups -OCH3 is 1. The molecule has 1 amide bonds. The summed E-state index contributed by atoms with van der Waals surface area (Å²) in [5.41, 5.74) is -0.305. The Balaban J connectivity index is 2.05. The molecule has 0 spiro atoms. The van der Waals surface area contributed by atoms with Crippen LogP contribution in [0.1, 0.15) is 32.6 Å². The summed E-state index contributed by atoms with van der Waals surface area (Å²) >= 11 is 0. The molecule has 1 saturated carbocycles. The zero-order chi connectivity index (χ0) is 13.2. The summed E-state index contributed by atoms with van der Waals surface area (Å²) in [6.45, 7) is 3.32. The molecular formula is C13H22N2O3. The molecular weight excluding hydrogens is 232 g/mol. The maximum atomic E-state index is 12.5. The molecule has 0 aromatic heterocycles. The summed E-state index contributed by atoms with van der Waals surface area (Å²) in [4.78, 5) is 23.8. The second kappa shape index (κ2) is 5.26. The fourth-order valence-corrected chi connectivity index (χ4v) is 3.27. The highest BCUT2D eigenvalue weighted by Crippen LogP contribution is 2.43. The van der Waals surface area contributed by atoms with Gasteiger partial charge in [0.1, 0.15) is 6.04 Å². The molecule has 1 aliphatic heterocycles. The number of esters is 1. The highest BCUT2D eigenvalue weighted by atomic mass is 16.5. The highest BCUT2D eigenvalue weighted by Gasteiger charge is 2.50. The number of carbonyl (C=O) groups is 2. The first-order valence-corrected chi connectivity index (χ1v) is 6.69. The summed E-state index contributed by atoms with van der Waals surface area (Å²) < 4.78 is 4.64. The van der Waals surface area contributed by atoms with E-state index in [4.69, 9.17) is 0 Å². The van der Waals surface area contributed by atoms with Gasteiger partial charge in [0, 0.05) is 6.54 Å². The standard InChI is InChI=1S/C13H22N2O3/c1-9(11(16)18-2)15-12(17)13-6-4-3-5-10(13)7-14-8-13/h9-10,14H,3-8H2,1-2H3,(H,15,17)/t9?,10-,13+/m0/s1. The minimum absolute atomic E-state index is 0.00935. The van der Waals surface area contributed by atoms with Crippen LogP contribution in [0.4, 0.5) is 0 Å². The van der Waals surface area contributed by atoms with E-state index in [-0.39, 0.29) is 11.3 Å². The summed E-state index contributed by atoms with van der Waals surface area (Å²) in [6, 6.07) is -0.569. The minimum Gasteiger partial charge on any atom is -0.467 e. The van der Waals surface area contributed by atoms with E-state index in [1.807, 2.05) is 0 Å². The Morgan fingerprint density at radius 2 is 2.22 bits per heavy atom. The number of amides is 1. The van der Waals surface area contributed by atoms with Crippen molar-refractivity contribution in [1.29, 1.82) is 0 Å². The van der Waals surface area contributed by atoms with Crippen molar-refractivity contribution in [2.75, 3.05) is 20.2 Å². The molecule has 1 saturated heterocycles. The van der Waals surface area contributed by atoms with Gasteiger partial charge in [-0.1, -0.05) is 12.8 Å². The van der Waals surface area contributed by atoms with Crippen LogP contribution in [0.2, 0.25) is 0 Å². The quantitative estimate of drug-likeness (QED) is 0.717. The molecule has 1 unspecified atom stereocenters. The van der Waals surface area contributed by atoms with E-state index < -0.39 is 12.0 Å². The molecule has 1 aliphatic carbocycles. The molecule has 5 nitrogen and oxygen atoms in total. The molecule has 0 aromatic rings. The third-order valence-electron chi connectivity index (χ3n) is 4.39. The lowest BCUT2D eigenvalue weighted by Crippen LogP contribution is -2.52. The van der Waals surface area contributed by atoms with Crippen molar-refractivity contribution in [3.8, 4) is 0 Å². The van der Waals surface area contributed by atoms with Crippen LogP contribution in [-0.2, 0) is 14.3 Å². The fourth-order valence-electron chi connectivity index (χ4n) is 3.27. The third-order valence-corrected chi connectivity index (χ3v) is 4.39. The SMILES string of the molecule is COC(=O)C(C)NC(=O)[C@@]12CCCC[C@H]1CNC2. The number of rotatable bonds is 3. The van der Waals surface area contributed by atoms with Gasteiger partial charge in [0.05, 0.1) is 12.5 Å². The van der Waals surface area contributed by atoms with E-state index in [0.717, 1.165) is 32.4 Å². The van der Waals surface area contributed by atoms with E-state index in [0.29, 0.717) is 5.92 Å². The van der Waals surface area contributed by atoms with Gasteiger partial charge in [0.25, 0.3) is 0 Å². The summed E-state index contributed by atoms with van der Waals surface area (Å²) in [6.07, 6.45) is 4.32. The average molecular weight is 254 g/mol. The van der Waals surface area contributed by atoms with Crippen molar-refractivity contribution in [2.24, 2.45) is 11.3 Å². The molecule has 3 atom stereocenters. The van der Waals surface area contributed by atoms with E-state index in [1.54, 1.807) is 6.92 Å². The molecule has 1 heterocycles. The van der Waals surface area contributed by atoms with E-state index >= 15 is 0 Å². The maximum absolute atomic E-state index is 12.5. The normalized spacial score (nSPS) is 32.4. The van der Waals surface area contributed by atoms with Crippen LogP contribution in [0.25, 0.3) is 0 Å². The van der Waals surface area contributed by atoms with Crippen LogP contribution >= 0.6 is 0 Å². The fraction of sp³-hybridized carbons (Fsp3) is 0.846. The molecule has 2 fully saturated rings. The van der Waals surface area contributed by atoms with Crippen LogP contribution in [0.3, 0.4) is 0 Å². The topological polar surface area (TPSA) is 67.4 Å². The monoisotopic (exact) mass is 254 g/mol. The predicted octanol–water partition coefficient (Wildman–Crippen LogP) is 0.444. The first-order chi connectivity index (χ1) is 8.60. The highest BCUT2D eigenvalue weighted by molar-refractivity contribution is 5.88. The van der Waals surface area contributed by atoms with Crippen molar-refractivity contribution in [2.45, 2.75) is 38.6 Å². The van der Waals surface area contributed by atoms with Gasteiger partial charge < -0.3 is 15.4 Å². The molecule has 5 heteroatoms. The van der Waals surface area contributed by atoms with Crippen LogP contribution in [0.5, 0.6) is 0 Å². The second-order valence-corrected chi connectivity index (χ2v) is 5.45. The zero-order valence-corrected chi connectivity index (χ0v) is 11.1. The van der Waals surface area contributed by atoms with Crippen LogP contribution in [0, 0.1) is 11.3 Å². The Morgan fingerprint density at radius 3 is 2.94 bits per heavy atom. The second-order valence-electron chi connectivity index (χ2n) is 5.45. The number of hydrogen-bond acceptors (Lipinski definition) is 4. The average Bonchev–Trinajstić information content (AvgIpc) is 2.82. The Morgan fingerprint density at radius 1 is 1.44 bits per heavy atom. The molecule has 102 valence electrons. The number of hydrogen-bond donors (Lipinski definition) is 2. The zero-order valence-electron chi connectivity index (χ0n) is 11.1. The Hall–Kier alpha value is -1.10. The number of carbonyl (C=O) groups excluding carboxylic acids is 2. The van der Waals surface area contributed by atoms with Gasteiger partial charge >= 0.3 is 5.97 Å². The van der Waals surface area contributed by atoms with E-state index in [1.165, 1.54) is 13.5 Å². The van der Waals surface area contributed by atoms with Crippen molar-refractivity contribution < 1.29 is 14.3 Å². The summed E-state index contributed by atoms with van der Waals surface area (Å²) in [5.74, 6) is 0.0317. The Kier molecular flexibility index (Phi) is 3.90. The lowest BCUT2D eigenvalue weighted by Gasteiger charge is -2.37. The van der Waals surface area contributed by atoms with Gasteiger partial charge in [0.2, 0.25) is 5.91 Å². The summed E-state index contributed by atoms with van der Waals surface area (Å²) in [5, 5.41) is 6.13. The molecule has 2 N–H and O–H groups in total. The number of ether oxygens (including phenoxy) is 1. The lowest BCUT2D eigenvalue weighted by atomic mass is 9.67. The molecule has 0 radical (unpaired) electrons. The largest absolute Gasteiger partial charge is 0.467 e. The Labute approximate surface area is 108 Å². The van der Waals surface area contributed by atoms with Crippen molar-refractivity contribution in [1.82, 2.24) is 10.6 Å². The molecule has 0 aromatic carbocycles. The summed E-state index contributed by atoms with van der Waals surface area (Å²) in [7, 11) is 1.34. The smallest absolute Gasteiger partial charge is 0.328 e. The van der Waals surface area contributed by atoms with E-state index in [2.05, 4.69) is 15.4 Å². The van der Waals surface area contributed by atoms with Crippen molar-refractivity contribution in [3.63, 3.8) is 0 Å². The van der Waals surface area contributed by atoms with Gasteiger partial charge in [-0.3, -0.25) is 4.79 Å². The van der Waals surface area contributed by atoms with Crippen LogP contribution < -0.4 is 10.6 Å². The molecule has 2 rings (SSSR count). The van der Waals surface area contributed by atoms with Crippen LogP contribution in [0.15, 0.2) is 0 Å². The molecule has 0 bridgehead atoms. The van der Waals surface area contributed by atoms with Gasteiger partial charge in [-0.25, -0.2) is 4.79 Å². The molecule has 2 aliphatic rings. The first-order valence-electron chi connectivity index (χ1n) is 6.69. The predicted molar refractivity (Wildman–Crippen MR) is 66.9 cm³/mol. The number of fused-ring (bicyclic) bond motifs is 1. The van der Waals surface area contributed by atoms with E-state index in [9.17, 15) is 9.59 Å². The number of nitrogens with one attached hydrogen (secondary N) is 2. The van der Waals surface area contributed by atoms with Crippen molar-refractivity contribution >= 4 is 11.9 Å².